The van der Waals surface area contributed by atoms with Crippen LogP contribution in [0.2, 0.25) is 0 Å². The number of fused-ring (bicyclic) bond motifs is 1. The molecule has 2 aliphatic heterocycles. The van der Waals surface area contributed by atoms with Gasteiger partial charge in [-0.15, -0.1) is 0 Å². The fourth-order valence-corrected chi connectivity index (χ4v) is 4.49. The van der Waals surface area contributed by atoms with Gasteiger partial charge in [0.15, 0.2) is 5.69 Å². The molecule has 140 valence electrons. The maximum atomic E-state index is 13.2. The number of piperidine rings is 1. The highest BCUT2D eigenvalue weighted by atomic mass is 16.5. The average molecular weight is 357 g/mol. The Morgan fingerprint density at radius 3 is 3.12 bits per heavy atom. The molecule has 1 amide bonds. The molecule has 1 aromatic carbocycles. The number of methoxy groups -OCH3 is 1. The second kappa shape index (κ2) is 7.00. The van der Waals surface area contributed by atoms with E-state index in [-0.39, 0.29) is 11.5 Å². The predicted molar refractivity (Wildman–Crippen MR) is 99.1 cm³/mol. The molecule has 6 heteroatoms. The van der Waals surface area contributed by atoms with Crippen molar-refractivity contribution in [2.24, 2.45) is 13.0 Å². The summed E-state index contributed by atoms with van der Waals surface area (Å²) in [6, 6.07) is 7.90. The van der Waals surface area contributed by atoms with Crippen molar-refractivity contribution in [1.82, 2.24) is 14.7 Å². The van der Waals surface area contributed by atoms with E-state index in [9.17, 15) is 4.79 Å². The molecule has 0 saturated carbocycles. The topological polar surface area (TPSA) is 56.6 Å². The van der Waals surface area contributed by atoms with Crippen LogP contribution >= 0.6 is 0 Å². The first-order valence-corrected chi connectivity index (χ1v) is 9.46. The maximum absolute atomic E-state index is 13.2. The summed E-state index contributed by atoms with van der Waals surface area (Å²) >= 11 is 0. The minimum atomic E-state index is -0.184. The van der Waals surface area contributed by atoms with Gasteiger partial charge in [0.1, 0.15) is 0 Å². The molecule has 0 aliphatic carbocycles. The molecule has 2 fully saturated rings. The summed E-state index contributed by atoms with van der Waals surface area (Å²) in [6.45, 7) is 2.99. The number of likely N-dealkylation sites (tertiary alicyclic amines) is 1. The van der Waals surface area contributed by atoms with Crippen LogP contribution in [0, 0.1) is 5.92 Å². The lowest BCUT2D eigenvalue weighted by molar-refractivity contribution is -0.0451. The van der Waals surface area contributed by atoms with Gasteiger partial charge in [-0.1, -0.05) is 18.2 Å². The van der Waals surface area contributed by atoms with Crippen LogP contribution in [0.5, 0.6) is 0 Å². The monoisotopic (exact) mass is 357 g/mol. The lowest BCUT2D eigenvalue weighted by Crippen LogP contribution is -2.50. The van der Waals surface area contributed by atoms with E-state index < -0.39 is 0 Å². The smallest absolute Gasteiger partial charge is 0.275 e. The number of aromatic nitrogens is 2. The zero-order valence-electron chi connectivity index (χ0n) is 15.6. The molecule has 0 N–H and O–H groups in total. The van der Waals surface area contributed by atoms with Gasteiger partial charge < -0.3 is 14.4 Å². The highest BCUT2D eigenvalue weighted by Gasteiger charge is 2.44. The van der Waals surface area contributed by atoms with Crippen molar-refractivity contribution in [3.63, 3.8) is 0 Å². The third-order valence-corrected chi connectivity index (χ3v) is 5.80. The third kappa shape index (κ3) is 3.12. The summed E-state index contributed by atoms with van der Waals surface area (Å²) in [4.78, 5) is 15.1. The molecule has 2 aromatic rings. The number of aryl methyl sites for hydroxylation is 1. The minimum Gasteiger partial charge on any atom is -0.385 e. The molecule has 6 nitrogen and oxygen atoms in total. The van der Waals surface area contributed by atoms with E-state index >= 15 is 0 Å². The van der Waals surface area contributed by atoms with Crippen molar-refractivity contribution in [2.75, 3.05) is 33.4 Å². The van der Waals surface area contributed by atoms with Crippen molar-refractivity contribution in [1.29, 1.82) is 0 Å². The van der Waals surface area contributed by atoms with Crippen molar-refractivity contribution >= 4 is 16.8 Å². The van der Waals surface area contributed by atoms with Crippen LogP contribution in [0.4, 0.5) is 0 Å². The van der Waals surface area contributed by atoms with Gasteiger partial charge in [-0.25, -0.2) is 0 Å². The number of nitrogens with zero attached hydrogens (tertiary/aromatic N) is 3. The van der Waals surface area contributed by atoms with E-state index in [4.69, 9.17) is 9.47 Å². The average Bonchev–Trinajstić information content (AvgIpc) is 3.21. The summed E-state index contributed by atoms with van der Waals surface area (Å²) in [5.74, 6) is 0.547. The first-order valence-electron chi connectivity index (χ1n) is 9.46. The first kappa shape index (κ1) is 17.5. The molecule has 0 unspecified atom stereocenters. The van der Waals surface area contributed by atoms with E-state index in [1.54, 1.807) is 11.8 Å². The van der Waals surface area contributed by atoms with Gasteiger partial charge in [-0.05, 0) is 37.7 Å². The highest BCUT2D eigenvalue weighted by Crippen LogP contribution is 2.39. The number of carbonyl (C=O) groups is 1. The molecular formula is C20H27N3O3. The first-order chi connectivity index (χ1) is 12.6. The third-order valence-electron chi connectivity index (χ3n) is 5.80. The Balaban J connectivity index is 1.52. The standard InChI is InChI=1S/C20H27N3O3/c1-22-17-7-4-3-6-16(17)18(21-22)19(24)23-10-5-9-20(14-23)12-15(13-26-20)8-11-25-2/h3-4,6-7,15H,5,8-14H2,1-2H3/t15-,20-/m1/s1. The summed E-state index contributed by atoms with van der Waals surface area (Å²) in [5, 5.41) is 5.42. The van der Waals surface area contributed by atoms with Crippen molar-refractivity contribution in [3.05, 3.63) is 30.0 Å². The normalized spacial score (nSPS) is 26.1. The van der Waals surface area contributed by atoms with E-state index in [0.717, 1.165) is 56.3 Å². The molecule has 3 heterocycles. The van der Waals surface area contributed by atoms with Gasteiger partial charge >= 0.3 is 0 Å². The number of para-hydroxylation sites is 1. The number of benzene rings is 1. The molecule has 2 aliphatic rings. The van der Waals surface area contributed by atoms with Crippen LogP contribution in [0.25, 0.3) is 10.9 Å². The zero-order chi connectivity index (χ0) is 18.1. The number of hydrogen-bond donors (Lipinski definition) is 0. The fraction of sp³-hybridized carbons (Fsp3) is 0.600. The van der Waals surface area contributed by atoms with Gasteiger partial charge in [0.05, 0.1) is 24.3 Å². The minimum absolute atomic E-state index is 0.0183. The Kier molecular flexibility index (Phi) is 4.71. The van der Waals surface area contributed by atoms with Gasteiger partial charge in [0.25, 0.3) is 5.91 Å². The molecule has 26 heavy (non-hydrogen) atoms. The van der Waals surface area contributed by atoms with Gasteiger partial charge in [0, 0.05) is 32.7 Å². The van der Waals surface area contributed by atoms with Crippen molar-refractivity contribution in [2.45, 2.75) is 31.3 Å². The summed E-state index contributed by atoms with van der Waals surface area (Å²) in [6.07, 6.45) is 4.05. The lowest BCUT2D eigenvalue weighted by atomic mass is 9.85. The van der Waals surface area contributed by atoms with Gasteiger partial charge in [0.2, 0.25) is 0 Å². The SMILES string of the molecule is COCC[C@H]1CO[C@]2(CCCN(C(=O)c3nn(C)c4ccccc34)C2)C1. The quantitative estimate of drug-likeness (QED) is 0.844. The van der Waals surface area contributed by atoms with Gasteiger partial charge in [-0.2, -0.15) is 5.10 Å². The van der Waals surface area contributed by atoms with Crippen LogP contribution < -0.4 is 0 Å². The molecule has 2 saturated heterocycles. The van der Waals surface area contributed by atoms with Crippen molar-refractivity contribution < 1.29 is 14.3 Å². The van der Waals surface area contributed by atoms with Crippen LogP contribution in [0.3, 0.4) is 0 Å². The Labute approximate surface area is 154 Å². The molecule has 1 aromatic heterocycles. The van der Waals surface area contributed by atoms with E-state index in [0.29, 0.717) is 18.2 Å². The Morgan fingerprint density at radius 2 is 2.27 bits per heavy atom. The lowest BCUT2D eigenvalue weighted by Gasteiger charge is -2.39. The largest absolute Gasteiger partial charge is 0.385 e. The second-order valence-corrected chi connectivity index (χ2v) is 7.67. The van der Waals surface area contributed by atoms with Crippen LogP contribution in [0.15, 0.2) is 24.3 Å². The maximum Gasteiger partial charge on any atom is 0.275 e. The van der Waals surface area contributed by atoms with E-state index in [2.05, 4.69) is 5.10 Å². The highest BCUT2D eigenvalue weighted by molar-refractivity contribution is 6.04. The molecule has 0 radical (unpaired) electrons. The number of ether oxygens (including phenoxy) is 2. The number of rotatable bonds is 4. The molecule has 1 spiro atoms. The fourth-order valence-electron chi connectivity index (χ4n) is 4.49. The zero-order valence-corrected chi connectivity index (χ0v) is 15.6. The molecule has 2 atom stereocenters. The van der Waals surface area contributed by atoms with E-state index in [1.165, 1.54) is 0 Å². The molecule has 0 bridgehead atoms. The second-order valence-electron chi connectivity index (χ2n) is 7.67. The van der Waals surface area contributed by atoms with E-state index in [1.807, 2.05) is 36.2 Å². The predicted octanol–water partition coefficient (Wildman–Crippen LogP) is 2.62. The molecule has 4 rings (SSSR count). The van der Waals surface area contributed by atoms with Gasteiger partial charge in [-0.3, -0.25) is 9.48 Å². The summed E-state index contributed by atoms with van der Waals surface area (Å²) < 4.78 is 13.2. The molecular weight excluding hydrogens is 330 g/mol. The van der Waals surface area contributed by atoms with Crippen molar-refractivity contribution in [3.8, 4) is 0 Å². The van der Waals surface area contributed by atoms with Crippen LogP contribution in [-0.4, -0.2) is 59.6 Å². The number of carbonyl (C=O) groups excluding carboxylic acids is 1. The summed E-state index contributed by atoms with van der Waals surface area (Å²) in [5.41, 5.74) is 1.35. The Morgan fingerprint density at radius 1 is 1.42 bits per heavy atom. The number of amides is 1. The Hall–Kier alpha value is -1.92. The van der Waals surface area contributed by atoms with Crippen LogP contribution in [0.1, 0.15) is 36.2 Å². The Bertz CT molecular complexity index is 803. The number of hydrogen-bond acceptors (Lipinski definition) is 4. The summed E-state index contributed by atoms with van der Waals surface area (Å²) in [7, 11) is 3.63. The van der Waals surface area contributed by atoms with Crippen LogP contribution in [-0.2, 0) is 16.5 Å².